The van der Waals surface area contributed by atoms with E-state index in [1.54, 1.807) is 6.33 Å². The molecule has 3 rings (SSSR count). The van der Waals surface area contributed by atoms with Gasteiger partial charge < -0.3 is 15.6 Å². The second-order valence-corrected chi connectivity index (χ2v) is 5.62. The van der Waals surface area contributed by atoms with E-state index in [2.05, 4.69) is 15.5 Å². The molecule has 0 saturated carbocycles. The number of nitrogens with one attached hydrogen (secondary N) is 1. The number of amides is 1. The van der Waals surface area contributed by atoms with Crippen LogP contribution in [0.3, 0.4) is 0 Å². The molecule has 0 saturated heterocycles. The summed E-state index contributed by atoms with van der Waals surface area (Å²) in [6.45, 7) is 1.94. The average Bonchev–Trinajstić information content (AvgIpc) is 3.02. The summed E-state index contributed by atoms with van der Waals surface area (Å²) in [4.78, 5) is 12.5. The van der Waals surface area contributed by atoms with Gasteiger partial charge in [-0.3, -0.25) is 4.79 Å². The fraction of sp³-hybridized carbons (Fsp3) is 0.167. The first-order valence-electron chi connectivity index (χ1n) is 7.63. The minimum absolute atomic E-state index is 0. The fourth-order valence-corrected chi connectivity index (χ4v) is 2.56. The van der Waals surface area contributed by atoms with Gasteiger partial charge in [0.05, 0.1) is 0 Å². The van der Waals surface area contributed by atoms with Crippen molar-refractivity contribution in [2.75, 3.05) is 5.32 Å². The van der Waals surface area contributed by atoms with Gasteiger partial charge >= 0.3 is 0 Å². The maximum atomic E-state index is 12.5. The molecule has 6 nitrogen and oxygen atoms in total. The zero-order valence-corrected chi connectivity index (χ0v) is 14.8. The summed E-state index contributed by atoms with van der Waals surface area (Å²) in [5.74, 6) is 0.496. The van der Waals surface area contributed by atoms with Gasteiger partial charge in [0.15, 0.2) is 5.82 Å². The second kappa shape index (κ2) is 7.92. The lowest BCUT2D eigenvalue weighted by Gasteiger charge is -2.15. The lowest BCUT2D eigenvalue weighted by Crippen LogP contribution is -2.28. The third-order valence-electron chi connectivity index (χ3n) is 3.99. The van der Waals surface area contributed by atoms with Gasteiger partial charge in [0.1, 0.15) is 12.4 Å². The molecule has 1 heterocycles. The van der Waals surface area contributed by atoms with Crippen LogP contribution >= 0.6 is 12.4 Å². The normalized spacial score (nSPS) is 11.5. The van der Waals surface area contributed by atoms with E-state index >= 15 is 0 Å². The lowest BCUT2D eigenvalue weighted by atomic mass is 10.0. The number of hydrogen-bond donors (Lipinski definition) is 2. The van der Waals surface area contributed by atoms with Gasteiger partial charge in [-0.05, 0) is 24.1 Å². The summed E-state index contributed by atoms with van der Waals surface area (Å²) in [5.41, 5.74) is 9.38. The molecule has 0 unspecified atom stereocenters. The Morgan fingerprint density at radius 2 is 1.88 bits per heavy atom. The van der Waals surface area contributed by atoms with Crippen molar-refractivity contribution in [2.45, 2.75) is 13.0 Å². The van der Waals surface area contributed by atoms with E-state index in [9.17, 15) is 4.79 Å². The largest absolute Gasteiger partial charge is 0.324 e. The molecule has 0 aliphatic heterocycles. The first-order valence-corrected chi connectivity index (χ1v) is 7.63. The molecule has 0 fully saturated rings. The molecule has 3 N–H and O–H groups in total. The Bertz CT molecular complexity index is 863. The number of aryl methyl sites for hydroxylation is 1. The van der Waals surface area contributed by atoms with Crippen LogP contribution in [0.2, 0.25) is 0 Å². The summed E-state index contributed by atoms with van der Waals surface area (Å²) in [7, 11) is 1.88. The fourth-order valence-electron chi connectivity index (χ4n) is 2.56. The highest BCUT2D eigenvalue weighted by Gasteiger charge is 2.18. The van der Waals surface area contributed by atoms with Crippen LogP contribution in [0.25, 0.3) is 11.4 Å². The number of nitrogens with zero attached hydrogens (tertiary/aromatic N) is 3. The number of benzene rings is 2. The molecule has 1 atom stereocenters. The number of carbonyl (C=O) groups is 1. The highest BCUT2D eigenvalue weighted by atomic mass is 35.5. The minimum Gasteiger partial charge on any atom is -0.324 e. The van der Waals surface area contributed by atoms with E-state index in [0.29, 0.717) is 5.69 Å². The molecule has 2 aromatic carbocycles. The number of halogens is 1. The Morgan fingerprint density at radius 3 is 2.52 bits per heavy atom. The van der Waals surface area contributed by atoms with Crippen LogP contribution in [0.15, 0.2) is 54.9 Å². The van der Waals surface area contributed by atoms with Gasteiger partial charge in [-0.25, -0.2) is 0 Å². The summed E-state index contributed by atoms with van der Waals surface area (Å²) in [6.07, 6.45) is 1.64. The van der Waals surface area contributed by atoms with Gasteiger partial charge in [0.25, 0.3) is 0 Å². The molecule has 0 aliphatic rings. The maximum Gasteiger partial charge on any atom is 0.245 e. The van der Waals surface area contributed by atoms with E-state index in [1.165, 1.54) is 0 Å². The molecule has 130 valence electrons. The van der Waals surface area contributed by atoms with Gasteiger partial charge in [0, 0.05) is 18.3 Å². The summed E-state index contributed by atoms with van der Waals surface area (Å²) >= 11 is 0. The smallest absolute Gasteiger partial charge is 0.245 e. The number of hydrogen-bond acceptors (Lipinski definition) is 4. The first kappa shape index (κ1) is 18.6. The van der Waals surface area contributed by atoms with Crippen molar-refractivity contribution in [1.82, 2.24) is 14.8 Å². The highest BCUT2D eigenvalue weighted by molar-refractivity contribution is 5.96. The summed E-state index contributed by atoms with van der Waals surface area (Å²) in [5, 5.41) is 10.9. The molecule has 3 aromatic rings. The van der Waals surface area contributed by atoms with Crippen LogP contribution in [-0.2, 0) is 11.8 Å². The van der Waals surface area contributed by atoms with Crippen LogP contribution in [-0.4, -0.2) is 20.7 Å². The number of rotatable bonds is 4. The number of nitrogens with two attached hydrogens (primary N) is 1. The number of aromatic nitrogens is 3. The zero-order chi connectivity index (χ0) is 17.1. The monoisotopic (exact) mass is 357 g/mol. The molecule has 0 radical (unpaired) electrons. The van der Waals surface area contributed by atoms with E-state index in [4.69, 9.17) is 5.73 Å². The Morgan fingerprint density at radius 1 is 1.16 bits per heavy atom. The van der Waals surface area contributed by atoms with Crippen molar-refractivity contribution in [3.63, 3.8) is 0 Å². The Hall–Kier alpha value is -2.70. The quantitative estimate of drug-likeness (QED) is 0.751. The first-order chi connectivity index (χ1) is 11.6. The van der Waals surface area contributed by atoms with Gasteiger partial charge in [0.2, 0.25) is 5.91 Å². The van der Waals surface area contributed by atoms with Crippen LogP contribution in [0.1, 0.15) is 17.2 Å². The van der Waals surface area contributed by atoms with Gasteiger partial charge in [-0.2, -0.15) is 0 Å². The molecule has 1 amide bonds. The minimum atomic E-state index is -0.718. The predicted octanol–water partition coefficient (Wildman–Crippen LogP) is 2.85. The molecule has 7 heteroatoms. The van der Waals surface area contributed by atoms with Crippen molar-refractivity contribution in [3.8, 4) is 11.4 Å². The highest BCUT2D eigenvalue weighted by Crippen LogP contribution is 2.27. The maximum absolute atomic E-state index is 12.5. The molecule has 1 aromatic heterocycles. The van der Waals surface area contributed by atoms with Crippen LogP contribution in [0.4, 0.5) is 5.69 Å². The average molecular weight is 358 g/mol. The van der Waals surface area contributed by atoms with Crippen LogP contribution < -0.4 is 11.1 Å². The van der Waals surface area contributed by atoms with E-state index in [1.807, 2.05) is 67.1 Å². The molecule has 0 spiro atoms. The lowest BCUT2D eigenvalue weighted by molar-refractivity contribution is -0.117. The third kappa shape index (κ3) is 3.87. The predicted molar refractivity (Wildman–Crippen MR) is 100 cm³/mol. The molecular weight excluding hydrogens is 338 g/mol. The van der Waals surface area contributed by atoms with Crippen molar-refractivity contribution in [2.24, 2.45) is 12.8 Å². The molecule has 0 aliphatic carbocycles. The molecular formula is C18H20ClN5O. The van der Waals surface area contributed by atoms with Gasteiger partial charge in [-0.15, -0.1) is 22.6 Å². The van der Waals surface area contributed by atoms with E-state index in [-0.39, 0.29) is 18.3 Å². The van der Waals surface area contributed by atoms with Crippen molar-refractivity contribution < 1.29 is 4.79 Å². The molecule has 0 bridgehead atoms. The number of carbonyl (C=O) groups excluding carboxylic acids is 1. The SMILES string of the molecule is Cc1c(NC(=O)[C@H](N)c2ccccc2)cccc1-c1nncn1C.Cl. The molecule has 25 heavy (non-hydrogen) atoms. The topological polar surface area (TPSA) is 85.8 Å². The van der Waals surface area contributed by atoms with E-state index < -0.39 is 6.04 Å². The third-order valence-corrected chi connectivity index (χ3v) is 3.99. The summed E-state index contributed by atoms with van der Waals surface area (Å²) in [6, 6.07) is 14.3. The Kier molecular flexibility index (Phi) is 5.90. The zero-order valence-electron chi connectivity index (χ0n) is 14.0. The van der Waals surface area contributed by atoms with Crippen molar-refractivity contribution in [3.05, 3.63) is 66.0 Å². The summed E-state index contributed by atoms with van der Waals surface area (Å²) < 4.78 is 1.84. The Labute approximate surface area is 152 Å². The second-order valence-electron chi connectivity index (χ2n) is 5.62. The number of anilines is 1. The van der Waals surface area contributed by atoms with Crippen LogP contribution in [0.5, 0.6) is 0 Å². The van der Waals surface area contributed by atoms with Crippen molar-refractivity contribution >= 4 is 24.0 Å². The standard InChI is InChI=1S/C18H19N5O.ClH/c1-12-14(17-22-20-11-23(17)2)9-6-10-15(12)21-18(24)16(19)13-7-4-3-5-8-13;/h3-11,16H,19H2,1-2H3,(H,21,24);1H/t16-;/m1./s1. The van der Waals surface area contributed by atoms with Crippen LogP contribution in [0, 0.1) is 6.92 Å². The van der Waals surface area contributed by atoms with Gasteiger partial charge in [-0.1, -0.05) is 42.5 Å². The van der Waals surface area contributed by atoms with E-state index in [0.717, 1.165) is 22.5 Å². The Balaban J connectivity index is 0.00000225. The van der Waals surface area contributed by atoms with Crippen molar-refractivity contribution in [1.29, 1.82) is 0 Å².